The summed E-state index contributed by atoms with van der Waals surface area (Å²) in [5.74, 6) is 2.03. The molecule has 27 heavy (non-hydrogen) atoms. The van der Waals surface area contributed by atoms with Gasteiger partial charge < -0.3 is 29.2 Å². The van der Waals surface area contributed by atoms with Gasteiger partial charge in [-0.1, -0.05) is 6.07 Å². The lowest BCUT2D eigenvalue weighted by molar-refractivity contribution is -0.133. The molecule has 2 aliphatic heterocycles. The van der Waals surface area contributed by atoms with Crippen molar-refractivity contribution >= 4 is 17.5 Å². The molecule has 2 heterocycles. The molecule has 0 aliphatic carbocycles. The van der Waals surface area contributed by atoms with Gasteiger partial charge in [-0.3, -0.25) is 9.59 Å². The molecule has 0 saturated carbocycles. The fraction of sp³-hybridized carbons (Fsp3) is 0.263. The van der Waals surface area contributed by atoms with Crippen LogP contribution in [0.15, 0.2) is 36.4 Å². The first-order valence-corrected chi connectivity index (χ1v) is 8.42. The van der Waals surface area contributed by atoms with E-state index in [4.69, 9.17) is 18.9 Å². The van der Waals surface area contributed by atoms with E-state index in [0.717, 1.165) is 5.56 Å². The van der Waals surface area contributed by atoms with Gasteiger partial charge in [-0.05, 0) is 29.8 Å². The minimum atomic E-state index is -0.301. The summed E-state index contributed by atoms with van der Waals surface area (Å²) in [6.45, 7) is 2.01. The van der Waals surface area contributed by atoms with Crippen LogP contribution in [0.5, 0.6) is 23.0 Å². The summed E-state index contributed by atoms with van der Waals surface area (Å²) in [5, 5.41) is 2.77. The summed E-state index contributed by atoms with van der Waals surface area (Å²) in [6.07, 6.45) is 0. The molecule has 0 unspecified atom stereocenters. The highest BCUT2D eigenvalue weighted by atomic mass is 16.7. The molecule has 8 nitrogen and oxygen atoms in total. The smallest absolute Gasteiger partial charge is 0.244 e. The lowest BCUT2D eigenvalue weighted by Crippen LogP contribution is -2.36. The highest BCUT2D eigenvalue weighted by Crippen LogP contribution is 2.34. The quantitative estimate of drug-likeness (QED) is 0.868. The zero-order chi connectivity index (χ0) is 18.8. The molecule has 0 spiro atoms. The van der Waals surface area contributed by atoms with Gasteiger partial charge in [-0.25, -0.2) is 0 Å². The fourth-order valence-corrected chi connectivity index (χ4v) is 2.89. The van der Waals surface area contributed by atoms with Crippen LogP contribution in [-0.2, 0) is 16.1 Å². The van der Waals surface area contributed by atoms with Gasteiger partial charge in [0.15, 0.2) is 23.0 Å². The molecule has 0 aromatic heterocycles. The highest BCUT2D eigenvalue weighted by Gasteiger charge is 2.19. The Morgan fingerprint density at radius 3 is 2.26 bits per heavy atom. The van der Waals surface area contributed by atoms with Crippen LogP contribution in [0.1, 0.15) is 12.5 Å². The average molecular weight is 370 g/mol. The number of carbonyl (C=O) groups is 2. The maximum absolute atomic E-state index is 12.4. The number of fused-ring (bicyclic) bond motifs is 2. The van der Waals surface area contributed by atoms with E-state index in [1.165, 1.54) is 11.8 Å². The van der Waals surface area contributed by atoms with E-state index < -0.39 is 0 Å². The first-order chi connectivity index (χ1) is 13.1. The molecule has 2 aromatic rings. The maximum Gasteiger partial charge on any atom is 0.244 e. The van der Waals surface area contributed by atoms with E-state index in [2.05, 4.69) is 5.32 Å². The molecule has 0 atom stereocenters. The van der Waals surface area contributed by atoms with Crippen LogP contribution in [-0.4, -0.2) is 36.8 Å². The molecule has 0 bridgehead atoms. The summed E-state index contributed by atoms with van der Waals surface area (Å²) in [6, 6.07) is 10.6. The highest BCUT2D eigenvalue weighted by molar-refractivity contribution is 5.94. The van der Waals surface area contributed by atoms with Crippen LogP contribution in [0.4, 0.5) is 5.69 Å². The van der Waals surface area contributed by atoms with E-state index in [1.54, 1.807) is 24.3 Å². The Labute approximate surface area is 155 Å². The summed E-state index contributed by atoms with van der Waals surface area (Å²) < 4.78 is 21.2. The van der Waals surface area contributed by atoms with Crippen LogP contribution < -0.4 is 24.3 Å². The zero-order valence-corrected chi connectivity index (χ0v) is 14.7. The van der Waals surface area contributed by atoms with Gasteiger partial charge in [0.2, 0.25) is 25.4 Å². The summed E-state index contributed by atoms with van der Waals surface area (Å²) in [7, 11) is 0. The number of rotatable bonds is 5. The third kappa shape index (κ3) is 3.74. The van der Waals surface area contributed by atoms with Crippen LogP contribution in [0, 0.1) is 0 Å². The van der Waals surface area contributed by atoms with Crippen molar-refractivity contribution in [3.8, 4) is 23.0 Å². The van der Waals surface area contributed by atoms with E-state index >= 15 is 0 Å². The number of anilines is 1. The third-order valence-electron chi connectivity index (χ3n) is 4.25. The maximum atomic E-state index is 12.4. The molecular formula is C19H18N2O6. The van der Waals surface area contributed by atoms with E-state index in [9.17, 15) is 9.59 Å². The topological polar surface area (TPSA) is 86.3 Å². The van der Waals surface area contributed by atoms with Gasteiger partial charge in [-0.15, -0.1) is 0 Å². The van der Waals surface area contributed by atoms with Crippen molar-refractivity contribution < 1.29 is 28.5 Å². The van der Waals surface area contributed by atoms with Crippen LogP contribution in [0.2, 0.25) is 0 Å². The van der Waals surface area contributed by atoms with Gasteiger partial charge in [0.1, 0.15) is 6.54 Å². The predicted octanol–water partition coefficient (Wildman–Crippen LogP) is 2.13. The Balaban J connectivity index is 1.40. The van der Waals surface area contributed by atoms with Crippen LogP contribution >= 0.6 is 0 Å². The second kappa shape index (κ2) is 7.06. The second-order valence-electron chi connectivity index (χ2n) is 6.18. The normalized spacial score (nSPS) is 13.4. The Hall–Kier alpha value is -3.42. The largest absolute Gasteiger partial charge is 0.454 e. The van der Waals surface area contributed by atoms with Crippen molar-refractivity contribution in [2.24, 2.45) is 0 Å². The lowest BCUT2D eigenvalue weighted by atomic mass is 10.2. The summed E-state index contributed by atoms with van der Waals surface area (Å²) >= 11 is 0. The van der Waals surface area contributed by atoms with Gasteiger partial charge in [0.05, 0.1) is 0 Å². The summed E-state index contributed by atoms with van der Waals surface area (Å²) in [5.41, 5.74) is 1.43. The van der Waals surface area contributed by atoms with Crippen molar-refractivity contribution in [1.29, 1.82) is 0 Å². The van der Waals surface area contributed by atoms with E-state index in [1.807, 2.05) is 12.1 Å². The molecule has 2 amide bonds. The molecule has 2 aliphatic rings. The first kappa shape index (κ1) is 17.0. The molecule has 8 heteroatoms. The number of benzene rings is 2. The minimum absolute atomic E-state index is 0.0712. The van der Waals surface area contributed by atoms with Crippen molar-refractivity contribution in [3.63, 3.8) is 0 Å². The van der Waals surface area contributed by atoms with Gasteiger partial charge >= 0.3 is 0 Å². The number of ether oxygens (including phenoxy) is 4. The van der Waals surface area contributed by atoms with Gasteiger partial charge in [-0.2, -0.15) is 0 Å². The Morgan fingerprint density at radius 2 is 1.56 bits per heavy atom. The van der Waals surface area contributed by atoms with E-state index in [-0.39, 0.29) is 31.9 Å². The van der Waals surface area contributed by atoms with Crippen molar-refractivity contribution in [3.05, 3.63) is 42.0 Å². The lowest BCUT2D eigenvalue weighted by Gasteiger charge is -2.21. The molecule has 0 fully saturated rings. The zero-order valence-electron chi connectivity index (χ0n) is 14.7. The van der Waals surface area contributed by atoms with Crippen molar-refractivity contribution in [1.82, 2.24) is 4.90 Å². The van der Waals surface area contributed by atoms with Gasteiger partial charge in [0, 0.05) is 25.2 Å². The molecule has 140 valence electrons. The Morgan fingerprint density at radius 1 is 0.926 bits per heavy atom. The molecule has 0 saturated heterocycles. The van der Waals surface area contributed by atoms with E-state index in [0.29, 0.717) is 35.2 Å². The molecule has 1 N–H and O–H groups in total. The van der Waals surface area contributed by atoms with Crippen molar-refractivity contribution in [2.45, 2.75) is 13.5 Å². The summed E-state index contributed by atoms with van der Waals surface area (Å²) in [4.78, 5) is 25.8. The Bertz CT molecular complexity index is 898. The number of nitrogens with one attached hydrogen (secondary N) is 1. The number of amides is 2. The van der Waals surface area contributed by atoms with Crippen LogP contribution in [0.25, 0.3) is 0 Å². The molecule has 4 rings (SSSR count). The number of carbonyl (C=O) groups excluding carboxylic acids is 2. The predicted molar refractivity (Wildman–Crippen MR) is 94.9 cm³/mol. The monoisotopic (exact) mass is 370 g/mol. The number of hydrogen-bond donors (Lipinski definition) is 1. The minimum Gasteiger partial charge on any atom is -0.454 e. The van der Waals surface area contributed by atoms with Crippen LogP contribution in [0.3, 0.4) is 0 Å². The standard InChI is InChI=1S/C19H18N2O6/c1-12(22)21(8-13-2-4-15-17(6-13)26-10-24-15)9-19(23)20-14-3-5-16-18(7-14)27-11-25-16/h2-7H,8-11H2,1H3,(H,20,23). The fourth-order valence-electron chi connectivity index (χ4n) is 2.89. The average Bonchev–Trinajstić information content (AvgIpc) is 3.29. The van der Waals surface area contributed by atoms with Gasteiger partial charge in [0.25, 0.3) is 0 Å². The Kier molecular flexibility index (Phi) is 4.45. The third-order valence-corrected chi connectivity index (χ3v) is 4.25. The number of nitrogens with zero attached hydrogens (tertiary/aromatic N) is 1. The molecular weight excluding hydrogens is 352 g/mol. The molecule has 0 radical (unpaired) electrons. The molecule has 2 aromatic carbocycles. The first-order valence-electron chi connectivity index (χ1n) is 8.42. The van der Waals surface area contributed by atoms with Crippen molar-refractivity contribution in [2.75, 3.05) is 25.4 Å². The SMILES string of the molecule is CC(=O)N(CC(=O)Nc1ccc2c(c1)OCO2)Cc1ccc2c(c1)OCO2. The number of hydrogen-bond acceptors (Lipinski definition) is 6. The second-order valence-corrected chi connectivity index (χ2v) is 6.18.